The van der Waals surface area contributed by atoms with Gasteiger partial charge in [0.2, 0.25) is 0 Å². The Balaban J connectivity index is 1.95. The van der Waals surface area contributed by atoms with Gasteiger partial charge < -0.3 is 10.2 Å². The quantitative estimate of drug-likeness (QED) is 0.412. The highest BCUT2D eigenvalue weighted by Crippen LogP contribution is 2.36. The van der Waals surface area contributed by atoms with Crippen LogP contribution in [0.3, 0.4) is 0 Å². The molecule has 0 radical (unpaired) electrons. The number of halogens is 6. The molecule has 0 spiro atoms. The number of nitrogens with zero attached hydrogens (tertiary/aromatic N) is 4. The molecule has 1 unspecified atom stereocenters. The minimum atomic E-state index is -5.09. The number of alkyl halides is 6. The van der Waals surface area contributed by atoms with Gasteiger partial charge in [0.1, 0.15) is 15.6 Å². The first-order valence-electron chi connectivity index (χ1n) is 10.8. The Kier molecular flexibility index (Phi) is 7.91. The molecule has 7 nitrogen and oxygen atoms in total. The second kappa shape index (κ2) is 10.4. The Morgan fingerprint density at radius 3 is 2.16 bits per heavy atom. The summed E-state index contributed by atoms with van der Waals surface area (Å²) in [7, 11) is 1.62. The van der Waals surface area contributed by atoms with Gasteiger partial charge in [0, 0.05) is 25.4 Å². The summed E-state index contributed by atoms with van der Waals surface area (Å²) < 4.78 is 79.1. The van der Waals surface area contributed by atoms with Crippen LogP contribution in [0.4, 0.5) is 26.3 Å². The molecule has 0 aliphatic carbocycles. The van der Waals surface area contributed by atoms with E-state index in [-0.39, 0.29) is 23.4 Å². The zero-order chi connectivity index (χ0) is 27.7. The summed E-state index contributed by atoms with van der Waals surface area (Å²) in [4.78, 5) is 39.9. The van der Waals surface area contributed by atoms with Crippen LogP contribution in [0.15, 0.2) is 30.6 Å². The molecule has 3 rings (SSSR count). The lowest BCUT2D eigenvalue weighted by Crippen LogP contribution is -2.28. The van der Waals surface area contributed by atoms with E-state index in [1.807, 2.05) is 0 Å². The second-order valence-corrected chi connectivity index (χ2v) is 9.11. The Morgan fingerprint density at radius 1 is 1.03 bits per heavy atom. The predicted molar refractivity (Wildman–Crippen MR) is 123 cm³/mol. The van der Waals surface area contributed by atoms with Crippen molar-refractivity contribution in [2.45, 2.75) is 39.2 Å². The van der Waals surface area contributed by atoms with Crippen molar-refractivity contribution in [3.8, 4) is 10.7 Å². The minimum Gasteiger partial charge on any atom is -0.344 e. The number of hydrogen-bond donors (Lipinski definition) is 1. The average Bonchev–Trinajstić information content (AvgIpc) is 3.31. The molecule has 2 amide bonds. The van der Waals surface area contributed by atoms with Crippen LogP contribution in [0.5, 0.6) is 0 Å². The van der Waals surface area contributed by atoms with E-state index in [2.05, 4.69) is 20.3 Å². The Bertz CT molecular complexity index is 1290. The molecule has 0 saturated carbocycles. The van der Waals surface area contributed by atoms with Crippen LogP contribution in [-0.2, 0) is 12.4 Å². The van der Waals surface area contributed by atoms with Crippen LogP contribution in [0.1, 0.15) is 62.4 Å². The molecule has 2 heterocycles. The van der Waals surface area contributed by atoms with E-state index in [1.165, 1.54) is 24.2 Å². The van der Waals surface area contributed by atoms with E-state index >= 15 is 0 Å². The number of benzene rings is 1. The first-order chi connectivity index (χ1) is 17.1. The molecule has 0 bridgehead atoms. The van der Waals surface area contributed by atoms with Gasteiger partial charge >= 0.3 is 12.4 Å². The lowest BCUT2D eigenvalue weighted by atomic mass is 10.0. The Morgan fingerprint density at radius 2 is 1.62 bits per heavy atom. The monoisotopic (exact) mass is 545 g/mol. The molecule has 1 N–H and O–H groups in total. The van der Waals surface area contributed by atoms with Crippen LogP contribution in [0.25, 0.3) is 10.7 Å². The average molecular weight is 546 g/mol. The van der Waals surface area contributed by atoms with Crippen LogP contribution in [-0.4, -0.2) is 45.3 Å². The van der Waals surface area contributed by atoms with E-state index < -0.39 is 41.0 Å². The molecule has 0 aliphatic heterocycles. The van der Waals surface area contributed by atoms with Crippen molar-refractivity contribution >= 4 is 23.2 Å². The highest BCUT2D eigenvalue weighted by molar-refractivity contribution is 7.16. The molecule has 14 heteroatoms. The van der Waals surface area contributed by atoms with Crippen molar-refractivity contribution in [3.63, 3.8) is 0 Å². The van der Waals surface area contributed by atoms with Crippen LogP contribution in [0.2, 0.25) is 0 Å². The van der Waals surface area contributed by atoms with E-state index in [0.717, 1.165) is 11.3 Å². The van der Waals surface area contributed by atoms with Gasteiger partial charge in [-0.3, -0.25) is 14.6 Å². The predicted octanol–water partition coefficient (Wildman–Crippen LogP) is 5.53. The molecule has 1 aromatic carbocycles. The number of carbonyl (C=O) groups is 2. The SMILES string of the molecule is CCN(C)C(=O)c1cnc(-c2nc(C)cnc2C(C)NC(=O)c2cc(C(F)(F)F)cc(C(F)(F)F)c2)s1. The summed E-state index contributed by atoms with van der Waals surface area (Å²) in [6.07, 6.45) is -7.43. The number of thiazole rings is 1. The van der Waals surface area contributed by atoms with Crippen molar-refractivity contribution in [3.05, 3.63) is 63.5 Å². The van der Waals surface area contributed by atoms with Crippen LogP contribution in [0, 0.1) is 6.92 Å². The maximum Gasteiger partial charge on any atom is 0.416 e. The number of aromatic nitrogens is 3. The molecule has 2 aromatic heterocycles. The van der Waals surface area contributed by atoms with Crippen LogP contribution >= 0.6 is 11.3 Å². The highest BCUT2D eigenvalue weighted by Gasteiger charge is 2.37. The van der Waals surface area contributed by atoms with Gasteiger partial charge in [-0.1, -0.05) is 0 Å². The third kappa shape index (κ3) is 6.42. The van der Waals surface area contributed by atoms with Crippen molar-refractivity contribution in [1.29, 1.82) is 0 Å². The molecule has 0 aliphatic rings. The summed E-state index contributed by atoms with van der Waals surface area (Å²) >= 11 is 1.04. The smallest absolute Gasteiger partial charge is 0.344 e. The van der Waals surface area contributed by atoms with Crippen molar-refractivity contribution in [2.24, 2.45) is 0 Å². The standard InChI is InChI=1S/C23H21F6N5O2S/c1-5-34(4)21(36)16-10-31-20(37-16)18-17(30-9-11(2)32-18)12(3)33-19(35)13-6-14(22(24,25)26)8-15(7-13)23(27,28)29/h6-10,12H,5H2,1-4H3,(H,33,35). The molecule has 0 fully saturated rings. The number of hydrogen-bond acceptors (Lipinski definition) is 6. The first-order valence-corrected chi connectivity index (χ1v) is 11.6. The molecule has 0 saturated heterocycles. The van der Waals surface area contributed by atoms with E-state index in [0.29, 0.717) is 34.3 Å². The molecule has 37 heavy (non-hydrogen) atoms. The molecule has 198 valence electrons. The van der Waals surface area contributed by atoms with E-state index in [9.17, 15) is 35.9 Å². The van der Waals surface area contributed by atoms with E-state index in [1.54, 1.807) is 20.9 Å². The van der Waals surface area contributed by atoms with Gasteiger partial charge in [-0.15, -0.1) is 11.3 Å². The molecular weight excluding hydrogens is 524 g/mol. The van der Waals surface area contributed by atoms with Gasteiger partial charge in [0.25, 0.3) is 11.8 Å². The first kappa shape index (κ1) is 28.0. The summed E-state index contributed by atoms with van der Waals surface area (Å²) in [5.74, 6) is -1.43. The number of aryl methyl sites for hydroxylation is 1. The Labute approximate surface area is 211 Å². The van der Waals surface area contributed by atoms with Crippen molar-refractivity contribution in [2.75, 3.05) is 13.6 Å². The zero-order valence-electron chi connectivity index (χ0n) is 20.0. The van der Waals surface area contributed by atoms with E-state index in [4.69, 9.17) is 0 Å². The van der Waals surface area contributed by atoms with Crippen LogP contribution < -0.4 is 5.32 Å². The molecule has 1 atom stereocenters. The van der Waals surface area contributed by atoms with Gasteiger partial charge in [0.05, 0.1) is 34.8 Å². The molecule has 3 aromatic rings. The minimum absolute atomic E-state index is 0.0545. The highest BCUT2D eigenvalue weighted by atomic mass is 32.1. The number of nitrogens with one attached hydrogen (secondary N) is 1. The summed E-state index contributed by atoms with van der Waals surface area (Å²) in [5.41, 5.74) is -3.16. The summed E-state index contributed by atoms with van der Waals surface area (Å²) in [6, 6.07) is -0.341. The number of rotatable bonds is 6. The summed E-state index contributed by atoms with van der Waals surface area (Å²) in [6.45, 7) is 5.37. The largest absolute Gasteiger partial charge is 0.416 e. The summed E-state index contributed by atoms with van der Waals surface area (Å²) in [5, 5.41) is 2.69. The lowest BCUT2D eigenvalue weighted by Gasteiger charge is -2.18. The fourth-order valence-electron chi connectivity index (χ4n) is 3.21. The number of amides is 2. The normalized spacial score (nSPS) is 12.8. The maximum atomic E-state index is 13.2. The van der Waals surface area contributed by atoms with Gasteiger partial charge in [-0.2, -0.15) is 26.3 Å². The van der Waals surface area contributed by atoms with Crippen molar-refractivity contribution in [1.82, 2.24) is 25.2 Å². The third-order valence-electron chi connectivity index (χ3n) is 5.27. The zero-order valence-corrected chi connectivity index (χ0v) is 20.8. The second-order valence-electron chi connectivity index (χ2n) is 8.08. The van der Waals surface area contributed by atoms with Crippen molar-refractivity contribution < 1.29 is 35.9 Å². The molecular formula is C23H21F6N5O2S. The fraction of sp³-hybridized carbons (Fsp3) is 0.348. The van der Waals surface area contributed by atoms with Gasteiger partial charge in [0.15, 0.2) is 0 Å². The third-order valence-corrected chi connectivity index (χ3v) is 6.26. The topological polar surface area (TPSA) is 88.1 Å². The lowest BCUT2D eigenvalue weighted by molar-refractivity contribution is -0.143. The fourth-order valence-corrected chi connectivity index (χ4v) is 4.12. The number of carbonyl (C=O) groups excluding carboxylic acids is 2. The maximum absolute atomic E-state index is 13.2. The van der Waals surface area contributed by atoms with Gasteiger partial charge in [-0.25, -0.2) is 9.97 Å². The Hall–Kier alpha value is -3.55. The van der Waals surface area contributed by atoms with Gasteiger partial charge in [-0.05, 0) is 39.0 Å².